The van der Waals surface area contributed by atoms with Gasteiger partial charge in [-0.25, -0.2) is 4.79 Å². The predicted octanol–water partition coefficient (Wildman–Crippen LogP) is 2.91. The van der Waals surface area contributed by atoms with Gasteiger partial charge in [0.1, 0.15) is 11.6 Å². The summed E-state index contributed by atoms with van der Waals surface area (Å²) in [6, 6.07) is 11.3. The molecule has 0 radical (unpaired) electrons. The Kier molecular flexibility index (Phi) is 5.07. The van der Waals surface area contributed by atoms with Crippen molar-refractivity contribution in [3.63, 3.8) is 0 Å². The van der Waals surface area contributed by atoms with Crippen LogP contribution in [0.15, 0.2) is 42.5 Å². The lowest BCUT2D eigenvalue weighted by Gasteiger charge is -2.18. The van der Waals surface area contributed by atoms with E-state index in [-0.39, 0.29) is 17.2 Å². The van der Waals surface area contributed by atoms with E-state index in [0.29, 0.717) is 18.7 Å². The summed E-state index contributed by atoms with van der Waals surface area (Å²) in [5.41, 5.74) is 1.89. The van der Waals surface area contributed by atoms with Crippen LogP contribution in [0.25, 0.3) is 0 Å². The third-order valence-corrected chi connectivity index (χ3v) is 4.49. The molecule has 0 aromatic heterocycles. The van der Waals surface area contributed by atoms with Crippen molar-refractivity contribution < 1.29 is 19.2 Å². The molecule has 1 unspecified atom stereocenters. The molecule has 1 aliphatic rings. The molecule has 3 rings (SSSR count). The Morgan fingerprint density at radius 3 is 2.59 bits per heavy atom. The molecule has 27 heavy (non-hydrogen) atoms. The first-order valence-corrected chi connectivity index (χ1v) is 8.42. The monoisotopic (exact) mass is 369 g/mol. The van der Waals surface area contributed by atoms with Crippen LogP contribution < -0.4 is 10.2 Å². The van der Waals surface area contributed by atoms with Gasteiger partial charge in [0.05, 0.1) is 12.0 Å². The third kappa shape index (κ3) is 3.74. The van der Waals surface area contributed by atoms with Gasteiger partial charge in [-0.2, -0.15) is 0 Å². The van der Waals surface area contributed by atoms with Crippen LogP contribution in [0.5, 0.6) is 0 Å². The van der Waals surface area contributed by atoms with Gasteiger partial charge >= 0.3 is 5.97 Å². The number of nitro benzene ring substituents is 1. The lowest BCUT2D eigenvalue weighted by Crippen LogP contribution is -2.33. The molecule has 1 amide bonds. The minimum Gasteiger partial charge on any atom is -0.465 e. The van der Waals surface area contributed by atoms with E-state index in [1.54, 1.807) is 4.90 Å². The van der Waals surface area contributed by atoms with E-state index < -0.39 is 16.9 Å². The van der Waals surface area contributed by atoms with Crippen LogP contribution in [0.3, 0.4) is 0 Å². The second-order valence-corrected chi connectivity index (χ2v) is 6.29. The van der Waals surface area contributed by atoms with E-state index in [2.05, 4.69) is 10.1 Å². The Morgan fingerprint density at radius 2 is 1.96 bits per heavy atom. The number of nitrogens with one attached hydrogen (secondary N) is 1. The van der Waals surface area contributed by atoms with E-state index in [1.807, 2.05) is 31.2 Å². The summed E-state index contributed by atoms with van der Waals surface area (Å²) in [6.07, 6.45) is 0.581. The van der Waals surface area contributed by atoms with Gasteiger partial charge in [0.25, 0.3) is 5.69 Å². The fourth-order valence-corrected chi connectivity index (χ4v) is 3.05. The molecule has 1 atom stereocenters. The number of hydrogen-bond acceptors (Lipinski definition) is 6. The average molecular weight is 369 g/mol. The average Bonchev–Trinajstić information content (AvgIpc) is 3.02. The summed E-state index contributed by atoms with van der Waals surface area (Å²) >= 11 is 0. The van der Waals surface area contributed by atoms with Crippen molar-refractivity contribution in [2.75, 3.05) is 23.9 Å². The van der Waals surface area contributed by atoms with Gasteiger partial charge in [-0.3, -0.25) is 14.9 Å². The summed E-state index contributed by atoms with van der Waals surface area (Å²) in [5.74, 6) is -0.888. The van der Waals surface area contributed by atoms with Crippen LogP contribution in [0, 0.1) is 17.0 Å². The topological polar surface area (TPSA) is 102 Å². The molecule has 0 spiro atoms. The Bertz CT molecular complexity index is 895. The van der Waals surface area contributed by atoms with Crippen molar-refractivity contribution in [2.24, 2.45) is 0 Å². The number of nitrogens with zero attached hydrogens (tertiary/aromatic N) is 2. The number of ether oxygens (including phenoxy) is 1. The van der Waals surface area contributed by atoms with Crippen molar-refractivity contribution in [1.29, 1.82) is 0 Å². The zero-order valence-corrected chi connectivity index (χ0v) is 15.0. The van der Waals surface area contributed by atoms with Crippen molar-refractivity contribution in [3.8, 4) is 0 Å². The second kappa shape index (κ2) is 7.45. The molecule has 0 aliphatic carbocycles. The summed E-state index contributed by atoms with van der Waals surface area (Å²) in [7, 11) is 1.16. The van der Waals surface area contributed by atoms with Gasteiger partial charge in [-0.05, 0) is 37.6 Å². The fourth-order valence-electron chi connectivity index (χ4n) is 3.05. The maximum Gasteiger partial charge on any atom is 0.344 e. The summed E-state index contributed by atoms with van der Waals surface area (Å²) in [4.78, 5) is 36.7. The van der Waals surface area contributed by atoms with Crippen LogP contribution >= 0.6 is 0 Å². The molecule has 1 saturated heterocycles. The van der Waals surface area contributed by atoms with E-state index in [4.69, 9.17) is 0 Å². The molecule has 1 fully saturated rings. The number of hydrogen-bond donors (Lipinski definition) is 1. The van der Waals surface area contributed by atoms with Gasteiger partial charge in [0.15, 0.2) is 0 Å². The standard InChI is InChI=1S/C19H19N3O5/c1-12-3-6-14(7-4-12)21-10-9-16(18(21)23)20-13-5-8-17(22(25)26)15(11-13)19(24)27-2/h3-8,11,16,20H,9-10H2,1-2H3. The quantitative estimate of drug-likeness (QED) is 0.494. The first-order valence-electron chi connectivity index (χ1n) is 8.42. The Morgan fingerprint density at radius 1 is 1.26 bits per heavy atom. The highest BCUT2D eigenvalue weighted by atomic mass is 16.6. The molecule has 0 bridgehead atoms. The maximum atomic E-state index is 12.7. The first kappa shape index (κ1) is 18.4. The highest BCUT2D eigenvalue weighted by molar-refractivity contribution is 6.01. The molecule has 2 aromatic carbocycles. The van der Waals surface area contributed by atoms with Gasteiger partial charge in [-0.1, -0.05) is 17.7 Å². The zero-order valence-electron chi connectivity index (χ0n) is 15.0. The fraction of sp³-hybridized carbons (Fsp3) is 0.263. The normalized spacial score (nSPS) is 16.3. The minimum atomic E-state index is -0.801. The lowest BCUT2D eigenvalue weighted by molar-refractivity contribution is -0.385. The predicted molar refractivity (Wildman–Crippen MR) is 100.0 cm³/mol. The summed E-state index contributed by atoms with van der Waals surface area (Å²) in [5, 5.41) is 14.2. The molecule has 1 aliphatic heterocycles. The zero-order chi connectivity index (χ0) is 19.6. The number of carbonyl (C=O) groups excluding carboxylic acids is 2. The third-order valence-electron chi connectivity index (χ3n) is 4.49. The number of aryl methyl sites for hydroxylation is 1. The highest BCUT2D eigenvalue weighted by Crippen LogP contribution is 2.27. The lowest BCUT2D eigenvalue weighted by atomic mass is 10.1. The van der Waals surface area contributed by atoms with Crippen molar-refractivity contribution in [2.45, 2.75) is 19.4 Å². The second-order valence-electron chi connectivity index (χ2n) is 6.29. The number of esters is 1. The van der Waals surface area contributed by atoms with Crippen LogP contribution in [-0.2, 0) is 9.53 Å². The van der Waals surface area contributed by atoms with E-state index >= 15 is 0 Å². The van der Waals surface area contributed by atoms with E-state index in [9.17, 15) is 19.7 Å². The van der Waals surface area contributed by atoms with Gasteiger partial charge in [0, 0.05) is 24.0 Å². The minimum absolute atomic E-state index is 0.0863. The molecule has 8 nitrogen and oxygen atoms in total. The van der Waals surface area contributed by atoms with Crippen molar-refractivity contribution in [3.05, 3.63) is 63.7 Å². The van der Waals surface area contributed by atoms with Gasteiger partial charge < -0.3 is 15.0 Å². The first-order chi connectivity index (χ1) is 12.9. The van der Waals surface area contributed by atoms with E-state index in [1.165, 1.54) is 18.2 Å². The van der Waals surface area contributed by atoms with Crippen molar-refractivity contribution >= 4 is 28.9 Å². The molecular weight excluding hydrogens is 350 g/mol. The molecule has 8 heteroatoms. The number of nitro groups is 1. The number of carbonyl (C=O) groups is 2. The van der Waals surface area contributed by atoms with Crippen LogP contribution in [-0.4, -0.2) is 36.5 Å². The molecule has 140 valence electrons. The largest absolute Gasteiger partial charge is 0.465 e. The van der Waals surface area contributed by atoms with Crippen LogP contribution in [0.2, 0.25) is 0 Å². The Hall–Kier alpha value is -3.42. The maximum absolute atomic E-state index is 12.7. The van der Waals surface area contributed by atoms with Gasteiger partial charge in [-0.15, -0.1) is 0 Å². The van der Waals surface area contributed by atoms with Gasteiger partial charge in [0.2, 0.25) is 5.91 Å². The molecule has 2 aromatic rings. The molecule has 1 N–H and O–H groups in total. The van der Waals surface area contributed by atoms with E-state index in [0.717, 1.165) is 18.4 Å². The van der Waals surface area contributed by atoms with Crippen molar-refractivity contribution in [1.82, 2.24) is 0 Å². The number of amides is 1. The number of rotatable bonds is 5. The van der Waals surface area contributed by atoms with Crippen LogP contribution in [0.1, 0.15) is 22.3 Å². The number of benzene rings is 2. The Balaban J connectivity index is 1.79. The molecule has 0 saturated carbocycles. The summed E-state index contributed by atoms with van der Waals surface area (Å²) < 4.78 is 4.61. The smallest absolute Gasteiger partial charge is 0.344 e. The Labute approximate surface area is 155 Å². The molecule has 1 heterocycles. The van der Waals surface area contributed by atoms with Crippen LogP contribution in [0.4, 0.5) is 17.1 Å². The SMILES string of the molecule is COC(=O)c1cc(NC2CCN(c3ccc(C)cc3)C2=O)ccc1[N+](=O)[O-]. The molecular formula is C19H19N3O5. The number of anilines is 2. The number of methoxy groups -OCH3 is 1. The highest BCUT2D eigenvalue weighted by Gasteiger charge is 2.33. The summed E-state index contributed by atoms with van der Waals surface area (Å²) in [6.45, 7) is 2.55.